The summed E-state index contributed by atoms with van der Waals surface area (Å²) in [5.41, 5.74) is 1.65. The predicted octanol–water partition coefficient (Wildman–Crippen LogP) is 5.16. The van der Waals surface area contributed by atoms with Gasteiger partial charge in [-0.2, -0.15) is 5.10 Å². The summed E-state index contributed by atoms with van der Waals surface area (Å²) >= 11 is 0. The first-order valence-electron chi connectivity index (χ1n) is 9.30. The zero-order chi connectivity index (χ0) is 20.9. The van der Waals surface area contributed by atoms with E-state index in [4.69, 9.17) is 8.83 Å². The molecular weight excluding hydrogens is 380 g/mol. The normalized spacial score (nSPS) is 11.5. The van der Waals surface area contributed by atoms with Gasteiger partial charge in [-0.15, -0.1) is 0 Å². The van der Waals surface area contributed by atoms with Crippen LogP contribution in [0.15, 0.2) is 88.1 Å². The lowest BCUT2D eigenvalue weighted by Gasteiger charge is -2.03. The molecule has 0 spiro atoms. The summed E-state index contributed by atoms with van der Waals surface area (Å²) in [7, 11) is 0. The first-order valence-corrected chi connectivity index (χ1v) is 9.30. The second kappa shape index (κ2) is 8.45. The van der Waals surface area contributed by atoms with E-state index < -0.39 is 0 Å². The van der Waals surface area contributed by atoms with Gasteiger partial charge in [-0.25, -0.2) is 4.68 Å². The van der Waals surface area contributed by atoms with E-state index in [2.05, 4.69) is 5.10 Å². The van der Waals surface area contributed by atoms with E-state index in [-0.39, 0.29) is 22.8 Å². The summed E-state index contributed by atoms with van der Waals surface area (Å²) in [5, 5.41) is 4.45. The summed E-state index contributed by atoms with van der Waals surface area (Å²) in [5.74, 6) is 0.356. The van der Waals surface area contributed by atoms with Crippen molar-refractivity contribution >= 4 is 23.7 Å². The van der Waals surface area contributed by atoms with Crippen molar-refractivity contribution in [1.82, 2.24) is 9.78 Å². The number of carbonyl (C=O) groups is 2. The number of aromatic nitrogens is 2. The van der Waals surface area contributed by atoms with Crippen LogP contribution in [0.2, 0.25) is 0 Å². The quantitative estimate of drug-likeness (QED) is 0.317. The molecule has 0 saturated carbocycles. The molecule has 0 unspecified atom stereocenters. The summed E-state index contributed by atoms with van der Waals surface area (Å²) < 4.78 is 12.1. The molecular formula is C24H18N2O4. The number of benzene rings is 1. The number of furan rings is 2. The zero-order valence-corrected chi connectivity index (χ0v) is 16.2. The van der Waals surface area contributed by atoms with Gasteiger partial charge in [-0.05, 0) is 67.6 Å². The van der Waals surface area contributed by atoms with Crippen molar-refractivity contribution in [3.63, 3.8) is 0 Å². The minimum absolute atomic E-state index is 0.0771. The SMILES string of the molecule is Cc1c(C(=O)/C=C/c2ccco2)c(C(=O)/C=C/c2ccco2)nn1-c1ccccc1. The van der Waals surface area contributed by atoms with Crippen LogP contribution in [0, 0.1) is 6.92 Å². The Morgan fingerprint density at radius 3 is 2.00 bits per heavy atom. The second-order valence-corrected chi connectivity index (χ2v) is 6.48. The molecule has 30 heavy (non-hydrogen) atoms. The minimum atomic E-state index is -0.390. The third-order valence-electron chi connectivity index (χ3n) is 4.48. The number of allylic oxidation sites excluding steroid dienone is 2. The maximum absolute atomic E-state index is 13.0. The number of hydrogen-bond acceptors (Lipinski definition) is 5. The number of nitrogens with zero attached hydrogens (tertiary/aromatic N) is 2. The number of hydrogen-bond donors (Lipinski definition) is 0. The molecule has 0 fully saturated rings. The number of carbonyl (C=O) groups excluding carboxylic acids is 2. The topological polar surface area (TPSA) is 78.2 Å². The summed E-state index contributed by atoms with van der Waals surface area (Å²) in [6.07, 6.45) is 8.89. The molecule has 0 amide bonds. The Bertz CT molecular complexity index is 1210. The van der Waals surface area contributed by atoms with Gasteiger partial charge in [-0.3, -0.25) is 9.59 Å². The summed E-state index contributed by atoms with van der Waals surface area (Å²) in [4.78, 5) is 25.9. The maximum Gasteiger partial charge on any atom is 0.206 e. The molecule has 1 aromatic carbocycles. The van der Waals surface area contributed by atoms with Gasteiger partial charge in [0.25, 0.3) is 0 Å². The fourth-order valence-corrected chi connectivity index (χ4v) is 3.04. The lowest BCUT2D eigenvalue weighted by atomic mass is 10.0. The van der Waals surface area contributed by atoms with E-state index in [0.717, 1.165) is 5.69 Å². The molecule has 4 aromatic rings. The van der Waals surface area contributed by atoms with Gasteiger partial charge >= 0.3 is 0 Å². The molecule has 148 valence electrons. The van der Waals surface area contributed by atoms with Gasteiger partial charge in [0.15, 0.2) is 5.78 Å². The van der Waals surface area contributed by atoms with Gasteiger partial charge in [0.2, 0.25) is 5.78 Å². The molecule has 6 nitrogen and oxygen atoms in total. The van der Waals surface area contributed by atoms with Crippen LogP contribution in [0.1, 0.15) is 38.1 Å². The van der Waals surface area contributed by atoms with Crippen LogP contribution in [-0.2, 0) is 0 Å². The lowest BCUT2D eigenvalue weighted by molar-refractivity contribution is 0.101. The zero-order valence-electron chi connectivity index (χ0n) is 16.2. The highest BCUT2D eigenvalue weighted by atomic mass is 16.3. The number of ketones is 2. The van der Waals surface area contributed by atoms with Crippen molar-refractivity contribution in [3.05, 3.63) is 108 Å². The van der Waals surface area contributed by atoms with Crippen LogP contribution in [-0.4, -0.2) is 21.3 Å². The molecule has 0 N–H and O–H groups in total. The lowest BCUT2D eigenvalue weighted by Crippen LogP contribution is -2.05. The molecule has 0 bridgehead atoms. The Kier molecular flexibility index (Phi) is 5.39. The van der Waals surface area contributed by atoms with Crippen molar-refractivity contribution in [2.24, 2.45) is 0 Å². The predicted molar refractivity (Wildman–Crippen MR) is 112 cm³/mol. The summed E-state index contributed by atoms with van der Waals surface area (Å²) in [6, 6.07) is 16.3. The smallest absolute Gasteiger partial charge is 0.206 e. The largest absolute Gasteiger partial charge is 0.465 e. The van der Waals surface area contributed by atoms with Crippen LogP contribution in [0.3, 0.4) is 0 Å². The highest BCUT2D eigenvalue weighted by Gasteiger charge is 2.24. The van der Waals surface area contributed by atoms with E-state index in [9.17, 15) is 9.59 Å². The van der Waals surface area contributed by atoms with Crippen molar-refractivity contribution in [2.45, 2.75) is 6.92 Å². The Morgan fingerprint density at radius 2 is 1.43 bits per heavy atom. The Labute approximate surface area is 172 Å². The Hall–Kier alpha value is -4.19. The number of rotatable bonds is 7. The van der Waals surface area contributed by atoms with Crippen LogP contribution < -0.4 is 0 Å². The minimum Gasteiger partial charge on any atom is -0.465 e. The van der Waals surface area contributed by atoms with Crippen molar-refractivity contribution in [2.75, 3.05) is 0 Å². The molecule has 6 heteroatoms. The van der Waals surface area contributed by atoms with Crippen LogP contribution in [0.4, 0.5) is 0 Å². The standard InChI is InChI=1S/C24H18N2O4/c1-17-23(21(27)13-11-19-9-5-15-29-19)24(22(28)14-12-20-10-6-16-30-20)25-26(17)18-7-3-2-4-8-18/h2-16H,1H3/b13-11+,14-12+. The van der Waals surface area contributed by atoms with Crippen LogP contribution in [0.25, 0.3) is 17.8 Å². The molecule has 4 rings (SSSR count). The third kappa shape index (κ3) is 3.98. The van der Waals surface area contributed by atoms with Gasteiger partial charge < -0.3 is 8.83 Å². The van der Waals surface area contributed by atoms with Crippen molar-refractivity contribution in [3.8, 4) is 5.69 Å². The van der Waals surface area contributed by atoms with Crippen molar-refractivity contribution in [1.29, 1.82) is 0 Å². The molecule has 0 aliphatic carbocycles. The summed E-state index contributed by atoms with van der Waals surface area (Å²) in [6.45, 7) is 1.76. The highest BCUT2D eigenvalue weighted by molar-refractivity contribution is 6.17. The van der Waals surface area contributed by atoms with Crippen molar-refractivity contribution < 1.29 is 18.4 Å². The van der Waals surface area contributed by atoms with E-state index in [1.807, 2.05) is 30.3 Å². The first kappa shape index (κ1) is 19.1. The highest BCUT2D eigenvalue weighted by Crippen LogP contribution is 2.21. The van der Waals surface area contributed by atoms with Gasteiger partial charge in [0.05, 0.1) is 29.5 Å². The fraction of sp³-hybridized carbons (Fsp3) is 0.0417. The third-order valence-corrected chi connectivity index (χ3v) is 4.48. The Morgan fingerprint density at radius 1 is 0.833 bits per heavy atom. The Balaban J connectivity index is 1.75. The van der Waals surface area contributed by atoms with Gasteiger partial charge in [-0.1, -0.05) is 18.2 Å². The molecule has 0 aliphatic heterocycles. The molecule has 0 saturated heterocycles. The molecule has 0 aliphatic rings. The van der Waals surface area contributed by atoms with E-state index in [0.29, 0.717) is 17.2 Å². The molecule has 0 atom stereocenters. The second-order valence-electron chi connectivity index (χ2n) is 6.48. The monoisotopic (exact) mass is 398 g/mol. The fourth-order valence-electron chi connectivity index (χ4n) is 3.04. The van der Waals surface area contributed by atoms with Gasteiger partial charge in [0, 0.05) is 0 Å². The van der Waals surface area contributed by atoms with Crippen LogP contribution in [0.5, 0.6) is 0 Å². The molecule has 0 radical (unpaired) electrons. The van der Waals surface area contributed by atoms with E-state index >= 15 is 0 Å². The van der Waals surface area contributed by atoms with E-state index in [1.165, 1.54) is 24.7 Å². The molecule has 3 heterocycles. The maximum atomic E-state index is 13.0. The number of para-hydroxylation sites is 1. The van der Waals surface area contributed by atoms with Gasteiger partial charge in [0.1, 0.15) is 17.2 Å². The first-order chi connectivity index (χ1) is 14.6. The average molecular weight is 398 g/mol. The average Bonchev–Trinajstić information content (AvgIpc) is 3.52. The van der Waals surface area contributed by atoms with Crippen LogP contribution >= 0.6 is 0 Å². The molecule has 3 aromatic heterocycles. The van der Waals surface area contributed by atoms with E-state index in [1.54, 1.807) is 48.0 Å².